The molecule has 0 saturated carbocycles. The summed E-state index contributed by atoms with van der Waals surface area (Å²) in [6.07, 6.45) is 4.06. The molecule has 5 rings (SSSR count). The molecule has 1 N–H and O–H groups in total. The van der Waals surface area contributed by atoms with E-state index in [0.29, 0.717) is 61.6 Å². The van der Waals surface area contributed by atoms with E-state index in [4.69, 9.17) is 9.26 Å². The van der Waals surface area contributed by atoms with Crippen molar-refractivity contribution in [1.82, 2.24) is 30.3 Å². The molecule has 47 heavy (non-hydrogen) atoms. The number of aryl methyl sites for hydroxylation is 1. The van der Waals surface area contributed by atoms with Crippen molar-refractivity contribution in [3.05, 3.63) is 58.9 Å². The van der Waals surface area contributed by atoms with Gasteiger partial charge in [0, 0.05) is 62.5 Å². The largest absolute Gasteiger partial charge is 0.444 e. The molecule has 1 aromatic carbocycles. The molecular weight excluding hydrogens is 603 g/mol. The van der Waals surface area contributed by atoms with Gasteiger partial charge in [-0.3, -0.25) is 4.79 Å². The molecule has 254 valence electrons. The van der Waals surface area contributed by atoms with Crippen LogP contribution in [0.5, 0.6) is 0 Å². The lowest BCUT2D eigenvalue weighted by Crippen LogP contribution is -2.47. The van der Waals surface area contributed by atoms with Crippen LogP contribution < -0.4 is 15.1 Å². The van der Waals surface area contributed by atoms with Gasteiger partial charge < -0.3 is 29.3 Å². The molecule has 12 nitrogen and oxygen atoms in total. The first kappa shape index (κ1) is 34.1. The molecule has 2 aliphatic heterocycles. The second-order valence-electron chi connectivity index (χ2n) is 14.5. The quantitative estimate of drug-likeness (QED) is 0.363. The molecule has 4 heterocycles. The number of anilines is 2. The van der Waals surface area contributed by atoms with E-state index in [2.05, 4.69) is 30.3 Å². The van der Waals surface area contributed by atoms with Crippen LogP contribution in [0.3, 0.4) is 0 Å². The Bertz CT molecular complexity index is 1560. The van der Waals surface area contributed by atoms with E-state index in [1.165, 1.54) is 6.07 Å². The minimum Gasteiger partial charge on any atom is -0.444 e. The van der Waals surface area contributed by atoms with Crippen LogP contribution in [0.15, 0.2) is 35.1 Å². The number of rotatable bonds is 7. The number of ether oxygens (including phenoxy) is 1. The number of hydrogen-bond donors (Lipinski definition) is 1. The summed E-state index contributed by atoms with van der Waals surface area (Å²) in [5.74, 6) is 0.248. The van der Waals surface area contributed by atoms with Gasteiger partial charge in [-0.15, -0.1) is 0 Å². The molecule has 0 aliphatic carbocycles. The number of benzene rings is 1. The fourth-order valence-electron chi connectivity index (χ4n) is 6.18. The Kier molecular flexibility index (Phi) is 9.74. The molecule has 0 spiro atoms. The fourth-order valence-corrected chi connectivity index (χ4v) is 6.18. The summed E-state index contributed by atoms with van der Waals surface area (Å²) in [6.45, 7) is 18.1. The molecule has 2 amide bonds. The Morgan fingerprint density at radius 3 is 2.34 bits per heavy atom. The van der Waals surface area contributed by atoms with Crippen LogP contribution in [-0.2, 0) is 10.2 Å². The maximum atomic E-state index is 15.0. The van der Waals surface area contributed by atoms with Crippen LogP contribution in [0.2, 0.25) is 0 Å². The Labute approximate surface area is 276 Å². The number of carbonyl (C=O) groups is 2. The fraction of sp³-hybridized carbons (Fsp3) is 0.588. The maximum Gasteiger partial charge on any atom is 0.407 e. The third-order valence-corrected chi connectivity index (χ3v) is 8.60. The number of alkyl carbamates (subject to hydrolysis) is 1. The highest BCUT2D eigenvalue weighted by Crippen LogP contribution is 2.33. The smallest absolute Gasteiger partial charge is 0.407 e. The minimum absolute atomic E-state index is 0.0525. The number of piperidine rings is 1. The molecule has 2 saturated heterocycles. The summed E-state index contributed by atoms with van der Waals surface area (Å²) < 4.78 is 26.1. The lowest BCUT2D eigenvalue weighted by atomic mass is 9.92. The number of amides is 2. The number of halogens is 1. The van der Waals surface area contributed by atoms with Gasteiger partial charge in [-0.1, -0.05) is 43.6 Å². The maximum absolute atomic E-state index is 15.0. The Morgan fingerprint density at radius 1 is 1.06 bits per heavy atom. The molecule has 2 aliphatic rings. The van der Waals surface area contributed by atoms with Gasteiger partial charge in [-0.05, 0) is 59.1 Å². The third-order valence-electron chi connectivity index (χ3n) is 8.60. The molecular formula is C34H47FN8O4. The van der Waals surface area contributed by atoms with Gasteiger partial charge in [0.1, 0.15) is 11.4 Å². The number of carbonyl (C=O) groups excluding carboxylic acids is 2. The lowest BCUT2D eigenvalue weighted by Gasteiger charge is -2.37. The van der Waals surface area contributed by atoms with E-state index in [9.17, 15) is 9.59 Å². The van der Waals surface area contributed by atoms with E-state index < -0.39 is 17.7 Å². The van der Waals surface area contributed by atoms with E-state index in [0.717, 1.165) is 18.4 Å². The van der Waals surface area contributed by atoms with E-state index in [-0.39, 0.29) is 29.1 Å². The first-order valence-electron chi connectivity index (χ1n) is 16.4. The topological polar surface area (TPSA) is 130 Å². The molecule has 2 atom stereocenters. The molecule has 2 aromatic heterocycles. The summed E-state index contributed by atoms with van der Waals surface area (Å²) in [6, 6.07) is 5.11. The Hall–Kier alpha value is -4.29. The zero-order chi connectivity index (χ0) is 34.1. The predicted octanol–water partition coefficient (Wildman–Crippen LogP) is 5.23. The number of nitrogens with zero attached hydrogens (tertiary/aromatic N) is 7. The van der Waals surface area contributed by atoms with Crippen LogP contribution in [-0.4, -0.2) is 87.4 Å². The number of hydrogen-bond acceptors (Lipinski definition) is 10. The van der Waals surface area contributed by atoms with Crippen LogP contribution >= 0.6 is 0 Å². The average Bonchev–Trinajstić information content (AvgIpc) is 3.67. The summed E-state index contributed by atoms with van der Waals surface area (Å²) >= 11 is 0. The Balaban J connectivity index is 1.26. The van der Waals surface area contributed by atoms with Gasteiger partial charge >= 0.3 is 12.1 Å². The second kappa shape index (κ2) is 13.4. The third kappa shape index (κ3) is 7.99. The first-order valence-corrected chi connectivity index (χ1v) is 16.4. The van der Waals surface area contributed by atoms with Crippen molar-refractivity contribution in [3.8, 4) is 0 Å². The average molecular weight is 651 g/mol. The predicted molar refractivity (Wildman–Crippen MR) is 176 cm³/mol. The van der Waals surface area contributed by atoms with Crippen LogP contribution in [0.4, 0.5) is 21.1 Å². The van der Waals surface area contributed by atoms with Gasteiger partial charge in [0.15, 0.2) is 5.82 Å². The van der Waals surface area contributed by atoms with Crippen molar-refractivity contribution in [3.63, 3.8) is 0 Å². The molecule has 0 radical (unpaired) electrons. The van der Waals surface area contributed by atoms with Gasteiger partial charge in [0.2, 0.25) is 5.95 Å². The van der Waals surface area contributed by atoms with Gasteiger partial charge in [-0.25, -0.2) is 19.2 Å². The summed E-state index contributed by atoms with van der Waals surface area (Å²) in [7, 11) is 0. The van der Waals surface area contributed by atoms with Crippen LogP contribution in [0, 0.1) is 12.7 Å². The van der Waals surface area contributed by atoms with Crippen molar-refractivity contribution in [2.75, 3.05) is 42.5 Å². The van der Waals surface area contributed by atoms with Crippen molar-refractivity contribution < 1.29 is 23.2 Å². The number of nitrogens with one attached hydrogen (secondary N) is 1. The van der Waals surface area contributed by atoms with Gasteiger partial charge in [0.25, 0.3) is 5.91 Å². The van der Waals surface area contributed by atoms with Gasteiger partial charge in [-0.2, -0.15) is 4.98 Å². The second-order valence-corrected chi connectivity index (χ2v) is 14.5. The lowest BCUT2D eigenvalue weighted by molar-refractivity contribution is 0.0504. The SMILES string of the molecule is CCN(C(=O)c1cnc(N2C[C@H](NC(=O)OC(C)(C)C)[C@@H](c3cc(C)ccc3F)C2)nc1)C1CCN(c2nc(C(C)(C)C)no2)CC1. The highest BCUT2D eigenvalue weighted by atomic mass is 19.1. The summed E-state index contributed by atoms with van der Waals surface area (Å²) in [5, 5.41) is 7.08. The van der Waals surface area contributed by atoms with E-state index in [1.54, 1.807) is 39.2 Å². The van der Waals surface area contributed by atoms with Crippen LogP contribution in [0.1, 0.15) is 94.5 Å². The van der Waals surface area contributed by atoms with E-state index in [1.807, 2.05) is 50.5 Å². The van der Waals surface area contributed by atoms with Crippen molar-refractivity contribution in [2.24, 2.45) is 0 Å². The highest BCUT2D eigenvalue weighted by molar-refractivity contribution is 5.94. The minimum atomic E-state index is -0.675. The molecule has 2 fully saturated rings. The molecule has 0 bridgehead atoms. The summed E-state index contributed by atoms with van der Waals surface area (Å²) in [5.41, 5.74) is 0.959. The monoisotopic (exact) mass is 650 g/mol. The van der Waals surface area contributed by atoms with Crippen molar-refractivity contribution in [1.29, 1.82) is 0 Å². The van der Waals surface area contributed by atoms with Crippen molar-refractivity contribution >= 4 is 24.0 Å². The molecule has 3 aromatic rings. The first-order chi connectivity index (χ1) is 22.1. The highest BCUT2D eigenvalue weighted by Gasteiger charge is 2.39. The number of aromatic nitrogens is 4. The van der Waals surface area contributed by atoms with Crippen LogP contribution in [0.25, 0.3) is 0 Å². The van der Waals surface area contributed by atoms with Crippen molar-refractivity contribution in [2.45, 2.75) is 97.2 Å². The molecule has 0 unspecified atom stereocenters. The van der Waals surface area contributed by atoms with E-state index >= 15 is 4.39 Å². The zero-order valence-electron chi connectivity index (χ0n) is 28.7. The van der Waals surface area contributed by atoms with Gasteiger partial charge in [0.05, 0.1) is 11.6 Å². The standard InChI is InChI=1S/C34H47FN8O4/c1-9-43(23-12-14-41(15-13-23)31-39-29(40-47-31)33(3,4)5)28(44)22-17-36-30(37-18-22)42-19-25(24-16-21(2)10-11-26(24)35)27(20-42)38-32(45)46-34(6,7)8/h10-11,16-18,23,25,27H,9,12-15,19-20H2,1-8H3,(H,38,45)/t25-,27+/m1/s1. The molecule has 13 heteroatoms. The summed E-state index contributed by atoms with van der Waals surface area (Å²) in [4.78, 5) is 45.9. The normalized spacial score (nSPS) is 19.2. The Morgan fingerprint density at radius 2 is 1.74 bits per heavy atom. The zero-order valence-corrected chi connectivity index (χ0v) is 28.7.